The zero-order valence-corrected chi connectivity index (χ0v) is 15.1. The van der Waals surface area contributed by atoms with Gasteiger partial charge in [-0.15, -0.1) is 0 Å². The Kier molecular flexibility index (Phi) is 2.70. The summed E-state index contributed by atoms with van der Waals surface area (Å²) in [4.78, 5) is 2.76. The molecule has 1 aromatic carbocycles. The summed E-state index contributed by atoms with van der Waals surface area (Å²) in [6.07, 6.45) is 9.13. The van der Waals surface area contributed by atoms with E-state index in [-0.39, 0.29) is 11.6 Å². The molecular weight excluding hydrogens is 308 g/mol. The van der Waals surface area contributed by atoms with Gasteiger partial charge >= 0.3 is 0 Å². The van der Waals surface area contributed by atoms with Crippen molar-refractivity contribution in [3.63, 3.8) is 0 Å². The second-order valence-electron chi connectivity index (χ2n) is 9.07. The molecule has 1 aromatic heterocycles. The van der Waals surface area contributed by atoms with Crippen molar-refractivity contribution in [2.24, 2.45) is 23.7 Å². The third-order valence-electron chi connectivity index (χ3n) is 7.95. The molecule has 4 saturated carbocycles. The minimum atomic E-state index is 0.119. The maximum atomic E-state index is 5.82. The zero-order chi connectivity index (χ0) is 16.8. The van der Waals surface area contributed by atoms with Gasteiger partial charge in [-0.05, 0) is 81.3 Å². The standard InChI is InChI=1S/C22H26N2O/c1-13-5-3-4-6-20(13)24-14(2)21-19(12-23-25-21)22(24)17-8-15-7-16(10-17)11-18(22)9-15/h3-6,12,14-18H,7-11H2,1-2H3. The Morgan fingerprint density at radius 2 is 1.72 bits per heavy atom. The summed E-state index contributed by atoms with van der Waals surface area (Å²) in [7, 11) is 0. The van der Waals surface area contributed by atoms with Crippen LogP contribution in [0.1, 0.15) is 62.0 Å². The van der Waals surface area contributed by atoms with E-state index < -0.39 is 0 Å². The van der Waals surface area contributed by atoms with Crippen LogP contribution in [0.15, 0.2) is 35.0 Å². The Bertz CT molecular complexity index is 810. The molecule has 1 atom stereocenters. The van der Waals surface area contributed by atoms with Crippen LogP contribution in [0.4, 0.5) is 5.69 Å². The molecule has 0 N–H and O–H groups in total. The van der Waals surface area contributed by atoms with Crippen molar-refractivity contribution in [2.45, 2.75) is 57.5 Å². The average Bonchev–Trinajstić information content (AvgIpc) is 3.15. The number of rotatable bonds is 1. The Labute approximate surface area is 149 Å². The molecule has 1 unspecified atom stereocenters. The highest BCUT2D eigenvalue weighted by atomic mass is 16.5. The molecule has 3 heteroatoms. The molecule has 7 rings (SSSR count). The quantitative estimate of drug-likeness (QED) is 0.716. The molecule has 4 aliphatic carbocycles. The van der Waals surface area contributed by atoms with Crippen molar-refractivity contribution in [2.75, 3.05) is 4.90 Å². The summed E-state index contributed by atoms with van der Waals surface area (Å²) in [5.74, 6) is 4.56. The van der Waals surface area contributed by atoms with Crippen LogP contribution >= 0.6 is 0 Å². The lowest BCUT2D eigenvalue weighted by Gasteiger charge is -2.63. The summed E-state index contributed by atoms with van der Waals surface area (Å²) in [6, 6.07) is 9.19. The van der Waals surface area contributed by atoms with Crippen LogP contribution in [0.3, 0.4) is 0 Å². The maximum Gasteiger partial charge on any atom is 0.164 e. The van der Waals surface area contributed by atoms with Gasteiger partial charge in [-0.25, -0.2) is 0 Å². The van der Waals surface area contributed by atoms with Gasteiger partial charge < -0.3 is 9.42 Å². The highest BCUT2D eigenvalue weighted by Gasteiger charge is 2.65. The SMILES string of the molecule is Cc1ccccc1N1C(C)c2oncc2C12C1CC3CC(C1)CC2C3. The van der Waals surface area contributed by atoms with Crippen molar-refractivity contribution in [3.8, 4) is 0 Å². The number of aryl methyl sites for hydroxylation is 1. The fourth-order valence-corrected chi connectivity index (χ4v) is 7.40. The normalized spacial score (nSPS) is 40.9. The first-order chi connectivity index (χ1) is 12.2. The number of benzene rings is 1. The van der Waals surface area contributed by atoms with Gasteiger partial charge in [0.15, 0.2) is 5.76 Å². The minimum absolute atomic E-state index is 0.119. The van der Waals surface area contributed by atoms with Gasteiger partial charge in [0, 0.05) is 11.3 Å². The first kappa shape index (κ1) is 14.4. The molecule has 4 bridgehead atoms. The van der Waals surface area contributed by atoms with Crippen molar-refractivity contribution in [3.05, 3.63) is 47.3 Å². The van der Waals surface area contributed by atoms with E-state index in [1.165, 1.54) is 48.9 Å². The monoisotopic (exact) mass is 334 g/mol. The third-order valence-corrected chi connectivity index (χ3v) is 7.95. The third kappa shape index (κ3) is 1.61. The number of aromatic nitrogens is 1. The summed E-state index contributed by atoms with van der Waals surface area (Å²) >= 11 is 0. The van der Waals surface area contributed by atoms with Gasteiger partial charge in [-0.3, -0.25) is 0 Å². The molecule has 2 heterocycles. The maximum absolute atomic E-state index is 5.82. The van der Waals surface area contributed by atoms with Crippen molar-refractivity contribution >= 4 is 5.69 Å². The van der Waals surface area contributed by atoms with Crippen LogP contribution in [-0.4, -0.2) is 5.16 Å². The van der Waals surface area contributed by atoms with E-state index >= 15 is 0 Å². The van der Waals surface area contributed by atoms with E-state index in [0.29, 0.717) is 0 Å². The molecule has 3 nitrogen and oxygen atoms in total. The van der Waals surface area contributed by atoms with Gasteiger partial charge in [0.25, 0.3) is 0 Å². The molecular formula is C22H26N2O. The first-order valence-electron chi connectivity index (χ1n) is 9.99. The highest BCUT2D eigenvalue weighted by Crippen LogP contribution is 2.68. The van der Waals surface area contributed by atoms with E-state index in [9.17, 15) is 0 Å². The van der Waals surface area contributed by atoms with Gasteiger partial charge in [-0.2, -0.15) is 0 Å². The molecule has 5 aliphatic rings. The summed E-state index contributed by atoms with van der Waals surface area (Å²) < 4.78 is 5.82. The topological polar surface area (TPSA) is 29.3 Å². The second kappa shape index (κ2) is 4.69. The molecule has 0 radical (unpaired) electrons. The number of anilines is 1. The Balaban J connectivity index is 1.61. The fourth-order valence-electron chi connectivity index (χ4n) is 7.40. The predicted octanol–water partition coefficient (Wildman–Crippen LogP) is 5.22. The van der Waals surface area contributed by atoms with E-state index in [1.807, 2.05) is 0 Å². The van der Waals surface area contributed by atoms with Crippen LogP contribution in [0, 0.1) is 30.6 Å². The Hall–Kier alpha value is -1.77. The number of hydrogen-bond donors (Lipinski definition) is 0. The lowest BCUT2D eigenvalue weighted by Crippen LogP contribution is -2.62. The van der Waals surface area contributed by atoms with Gasteiger partial charge in [0.1, 0.15) is 0 Å². The van der Waals surface area contributed by atoms with Crippen molar-refractivity contribution < 1.29 is 4.52 Å². The van der Waals surface area contributed by atoms with Gasteiger partial charge in [0.2, 0.25) is 0 Å². The van der Waals surface area contributed by atoms with Crippen LogP contribution < -0.4 is 4.90 Å². The molecule has 1 spiro atoms. The van der Waals surface area contributed by atoms with Crippen LogP contribution in [0.2, 0.25) is 0 Å². The Morgan fingerprint density at radius 3 is 2.40 bits per heavy atom. The highest BCUT2D eigenvalue weighted by molar-refractivity contribution is 5.63. The summed E-state index contributed by atoms with van der Waals surface area (Å²) in [6.45, 7) is 4.57. The van der Waals surface area contributed by atoms with E-state index in [4.69, 9.17) is 4.52 Å². The van der Waals surface area contributed by atoms with Gasteiger partial charge in [0.05, 0.1) is 17.8 Å². The lowest BCUT2D eigenvalue weighted by atomic mass is 9.47. The van der Waals surface area contributed by atoms with E-state index in [0.717, 1.165) is 29.4 Å². The molecule has 1 aliphatic heterocycles. The molecule has 4 fully saturated rings. The van der Waals surface area contributed by atoms with Crippen LogP contribution in [0.25, 0.3) is 0 Å². The number of para-hydroxylation sites is 1. The largest absolute Gasteiger partial charge is 0.359 e. The van der Waals surface area contributed by atoms with Gasteiger partial charge in [-0.1, -0.05) is 23.4 Å². The average molecular weight is 334 g/mol. The number of hydrogen-bond acceptors (Lipinski definition) is 3. The fraction of sp³-hybridized carbons (Fsp3) is 0.591. The Morgan fingerprint density at radius 1 is 1.04 bits per heavy atom. The van der Waals surface area contributed by atoms with Crippen LogP contribution in [-0.2, 0) is 5.54 Å². The second-order valence-corrected chi connectivity index (χ2v) is 9.07. The summed E-state index contributed by atoms with van der Waals surface area (Å²) in [5, 5.41) is 4.25. The molecule has 25 heavy (non-hydrogen) atoms. The zero-order valence-electron chi connectivity index (χ0n) is 15.1. The predicted molar refractivity (Wildman–Crippen MR) is 97.3 cm³/mol. The van der Waals surface area contributed by atoms with E-state index in [1.54, 1.807) is 0 Å². The van der Waals surface area contributed by atoms with Crippen molar-refractivity contribution in [1.29, 1.82) is 0 Å². The molecule has 130 valence electrons. The molecule has 0 amide bonds. The molecule has 2 aromatic rings. The molecule has 0 saturated heterocycles. The minimum Gasteiger partial charge on any atom is -0.359 e. The van der Waals surface area contributed by atoms with E-state index in [2.05, 4.69) is 54.4 Å². The lowest BCUT2D eigenvalue weighted by molar-refractivity contribution is -0.0603. The smallest absolute Gasteiger partial charge is 0.164 e. The first-order valence-corrected chi connectivity index (χ1v) is 9.99. The summed E-state index contributed by atoms with van der Waals surface area (Å²) in [5.41, 5.74) is 4.31. The number of fused-ring (bicyclic) bond motifs is 1. The van der Waals surface area contributed by atoms with Crippen LogP contribution in [0.5, 0.6) is 0 Å². The number of nitrogens with zero attached hydrogens (tertiary/aromatic N) is 2. The van der Waals surface area contributed by atoms with Crippen molar-refractivity contribution in [1.82, 2.24) is 5.16 Å².